The van der Waals surface area contributed by atoms with Crippen molar-refractivity contribution in [1.29, 1.82) is 0 Å². The first-order valence-electron chi connectivity index (χ1n) is 7.25. The van der Waals surface area contributed by atoms with E-state index < -0.39 is 10.0 Å². The number of hydrogen-bond donors (Lipinski definition) is 1. The van der Waals surface area contributed by atoms with Crippen molar-refractivity contribution in [1.82, 2.24) is 9.62 Å². The second-order valence-corrected chi connectivity index (χ2v) is 7.33. The molecule has 0 unspecified atom stereocenters. The molecule has 1 aromatic rings. The maximum Gasteiger partial charge on any atom is 0.243 e. The number of nitrogens with one attached hydrogen (secondary N) is 1. The van der Waals surface area contributed by atoms with Crippen LogP contribution in [0.3, 0.4) is 0 Å². The highest BCUT2D eigenvalue weighted by Crippen LogP contribution is 2.33. The zero-order chi connectivity index (χ0) is 15.5. The highest BCUT2D eigenvalue weighted by molar-refractivity contribution is 7.89. The van der Waals surface area contributed by atoms with Crippen molar-refractivity contribution in [3.05, 3.63) is 29.3 Å². The number of nitrogens with zero attached hydrogens (tertiary/aromatic N) is 1. The molecule has 1 N–H and O–H groups in total. The molecular weight excluding hydrogens is 288 g/mol. The highest BCUT2D eigenvalue weighted by Gasteiger charge is 2.38. The van der Waals surface area contributed by atoms with E-state index in [0.717, 1.165) is 24.0 Å². The highest BCUT2D eigenvalue weighted by atomic mass is 32.2. The molecule has 5 nitrogen and oxygen atoms in total. The van der Waals surface area contributed by atoms with E-state index >= 15 is 0 Å². The van der Waals surface area contributed by atoms with E-state index in [2.05, 4.69) is 5.32 Å². The third kappa shape index (κ3) is 3.83. The van der Waals surface area contributed by atoms with Gasteiger partial charge in [0.1, 0.15) is 0 Å². The Morgan fingerprint density at radius 1 is 1.38 bits per heavy atom. The van der Waals surface area contributed by atoms with Gasteiger partial charge in [-0.25, -0.2) is 8.42 Å². The average Bonchev–Trinajstić information content (AvgIpc) is 3.26. The first-order valence-corrected chi connectivity index (χ1v) is 8.69. The lowest BCUT2D eigenvalue weighted by atomic mass is 10.1. The summed E-state index contributed by atoms with van der Waals surface area (Å²) in [5, 5.41) is 3.05. The molecule has 6 heteroatoms. The van der Waals surface area contributed by atoms with Crippen LogP contribution in [0.1, 0.15) is 24.0 Å². The molecule has 0 amide bonds. The van der Waals surface area contributed by atoms with Crippen LogP contribution in [0.25, 0.3) is 0 Å². The molecule has 1 fully saturated rings. The van der Waals surface area contributed by atoms with Crippen LogP contribution in [-0.4, -0.2) is 46.1 Å². The van der Waals surface area contributed by atoms with E-state index in [9.17, 15) is 8.42 Å². The molecule has 118 valence electrons. The summed E-state index contributed by atoms with van der Waals surface area (Å²) in [5.74, 6) is 0. The maximum absolute atomic E-state index is 12.9. The van der Waals surface area contributed by atoms with Gasteiger partial charge >= 0.3 is 0 Å². The van der Waals surface area contributed by atoms with Crippen molar-refractivity contribution < 1.29 is 13.2 Å². The lowest BCUT2D eigenvalue weighted by molar-refractivity contribution is 0.177. The number of rotatable bonds is 8. The normalized spacial score (nSPS) is 15.6. The molecule has 0 bridgehead atoms. The van der Waals surface area contributed by atoms with E-state index in [1.807, 2.05) is 26.1 Å². The third-order valence-electron chi connectivity index (χ3n) is 3.69. The first-order chi connectivity index (χ1) is 10.0. The van der Waals surface area contributed by atoms with Crippen molar-refractivity contribution >= 4 is 10.0 Å². The molecule has 2 rings (SSSR count). The summed E-state index contributed by atoms with van der Waals surface area (Å²) in [6.07, 6.45) is 1.89. The van der Waals surface area contributed by atoms with E-state index in [4.69, 9.17) is 4.74 Å². The second kappa shape index (κ2) is 6.87. The van der Waals surface area contributed by atoms with Crippen LogP contribution in [0.2, 0.25) is 0 Å². The van der Waals surface area contributed by atoms with Crippen molar-refractivity contribution in [2.75, 3.05) is 27.3 Å². The number of sulfonamides is 1. The van der Waals surface area contributed by atoms with Gasteiger partial charge < -0.3 is 10.1 Å². The Hall–Kier alpha value is -0.950. The number of ether oxygens (including phenoxy) is 1. The van der Waals surface area contributed by atoms with E-state index in [0.29, 0.717) is 24.6 Å². The van der Waals surface area contributed by atoms with Crippen molar-refractivity contribution in [3.8, 4) is 0 Å². The average molecular weight is 312 g/mol. The first kappa shape index (κ1) is 16.4. The molecule has 0 saturated heterocycles. The predicted molar refractivity (Wildman–Crippen MR) is 82.7 cm³/mol. The molecule has 1 aliphatic carbocycles. The molecule has 1 aromatic carbocycles. The Kier molecular flexibility index (Phi) is 5.37. The summed E-state index contributed by atoms with van der Waals surface area (Å²) in [6.45, 7) is 3.34. The van der Waals surface area contributed by atoms with Gasteiger partial charge in [-0.3, -0.25) is 0 Å². The smallest absolute Gasteiger partial charge is 0.243 e. The van der Waals surface area contributed by atoms with Crippen LogP contribution >= 0.6 is 0 Å². The minimum Gasteiger partial charge on any atom is -0.383 e. The number of benzene rings is 1. The Labute approximate surface area is 127 Å². The Morgan fingerprint density at radius 3 is 2.67 bits per heavy atom. The van der Waals surface area contributed by atoms with Gasteiger partial charge in [-0.2, -0.15) is 4.31 Å². The van der Waals surface area contributed by atoms with Crippen LogP contribution in [0.4, 0.5) is 0 Å². The molecule has 0 aliphatic heterocycles. The second-order valence-electron chi connectivity index (χ2n) is 5.47. The van der Waals surface area contributed by atoms with Gasteiger partial charge in [0.05, 0.1) is 11.5 Å². The molecule has 0 atom stereocenters. The third-order valence-corrected chi connectivity index (χ3v) is 5.78. The van der Waals surface area contributed by atoms with Gasteiger partial charge in [0.25, 0.3) is 0 Å². The van der Waals surface area contributed by atoms with Gasteiger partial charge in [-0.15, -0.1) is 0 Å². The molecule has 0 radical (unpaired) electrons. The van der Waals surface area contributed by atoms with Gasteiger partial charge in [-0.05, 0) is 44.0 Å². The van der Waals surface area contributed by atoms with Gasteiger partial charge in [-0.1, -0.05) is 12.1 Å². The Bertz CT molecular complexity index is 583. The lowest BCUT2D eigenvalue weighted by Crippen LogP contribution is -2.36. The van der Waals surface area contributed by atoms with Gasteiger partial charge in [0, 0.05) is 26.2 Å². The summed E-state index contributed by atoms with van der Waals surface area (Å²) in [4.78, 5) is 0.415. The number of hydrogen-bond acceptors (Lipinski definition) is 4. The monoisotopic (exact) mass is 312 g/mol. The zero-order valence-electron chi connectivity index (χ0n) is 12.9. The predicted octanol–water partition coefficient (Wildman–Crippen LogP) is 1.51. The summed E-state index contributed by atoms with van der Waals surface area (Å²) in [6, 6.07) is 5.75. The maximum atomic E-state index is 12.9. The van der Waals surface area contributed by atoms with Crippen molar-refractivity contribution in [2.24, 2.45) is 0 Å². The van der Waals surface area contributed by atoms with Crippen LogP contribution in [-0.2, 0) is 21.3 Å². The van der Waals surface area contributed by atoms with Crippen LogP contribution in [0, 0.1) is 6.92 Å². The summed E-state index contributed by atoms with van der Waals surface area (Å²) in [7, 11) is -0.0119. The molecule has 0 aromatic heterocycles. The molecule has 0 heterocycles. The van der Waals surface area contributed by atoms with Crippen LogP contribution in [0.5, 0.6) is 0 Å². The SMILES string of the molecule is CNCc1ccc(C)c(S(=O)(=O)N(CCOC)C2CC2)c1. The minimum absolute atomic E-state index is 0.137. The lowest BCUT2D eigenvalue weighted by Gasteiger charge is -2.23. The van der Waals surface area contributed by atoms with Crippen molar-refractivity contribution in [3.63, 3.8) is 0 Å². The van der Waals surface area contributed by atoms with Crippen LogP contribution < -0.4 is 5.32 Å². The number of aryl methyl sites for hydroxylation is 1. The fraction of sp³-hybridized carbons (Fsp3) is 0.600. The quantitative estimate of drug-likeness (QED) is 0.790. The van der Waals surface area contributed by atoms with Crippen LogP contribution in [0.15, 0.2) is 23.1 Å². The Balaban J connectivity index is 2.34. The van der Waals surface area contributed by atoms with Crippen molar-refractivity contribution in [2.45, 2.75) is 37.2 Å². The van der Waals surface area contributed by atoms with E-state index in [1.165, 1.54) is 0 Å². The van der Waals surface area contributed by atoms with Gasteiger partial charge in [0.15, 0.2) is 0 Å². The minimum atomic E-state index is -3.46. The zero-order valence-corrected chi connectivity index (χ0v) is 13.7. The number of methoxy groups -OCH3 is 1. The topological polar surface area (TPSA) is 58.6 Å². The molecule has 21 heavy (non-hydrogen) atoms. The largest absolute Gasteiger partial charge is 0.383 e. The summed E-state index contributed by atoms with van der Waals surface area (Å²) in [5.41, 5.74) is 1.77. The fourth-order valence-corrected chi connectivity index (χ4v) is 4.35. The van der Waals surface area contributed by atoms with Gasteiger partial charge in [0.2, 0.25) is 10.0 Å². The summed E-state index contributed by atoms with van der Waals surface area (Å²) < 4.78 is 32.6. The van der Waals surface area contributed by atoms with E-state index in [1.54, 1.807) is 17.5 Å². The fourth-order valence-electron chi connectivity index (χ4n) is 2.41. The molecule has 1 saturated carbocycles. The molecule has 1 aliphatic rings. The van der Waals surface area contributed by atoms with E-state index in [-0.39, 0.29) is 6.04 Å². The molecule has 0 spiro atoms. The Morgan fingerprint density at radius 2 is 2.10 bits per heavy atom. The summed E-state index contributed by atoms with van der Waals surface area (Å²) >= 11 is 0. The molecular formula is C15H24N2O3S. The standard InChI is InChI=1S/C15H24N2O3S/c1-12-4-5-13(11-16-2)10-15(12)21(18,19)17(8-9-20-3)14-6-7-14/h4-5,10,14,16H,6-9,11H2,1-3H3.